The van der Waals surface area contributed by atoms with Gasteiger partial charge in [-0.05, 0) is 35.2 Å². The molecule has 0 saturated heterocycles. The fourth-order valence-electron chi connectivity index (χ4n) is 5.26. The van der Waals surface area contributed by atoms with Gasteiger partial charge in [-0.3, -0.25) is 4.90 Å². The van der Waals surface area contributed by atoms with Crippen LogP contribution in [0.25, 0.3) is 44.5 Å². The van der Waals surface area contributed by atoms with E-state index in [4.69, 9.17) is 23.4 Å². The maximum absolute atomic E-state index is 8.78. The van der Waals surface area contributed by atoms with Crippen LogP contribution in [0.3, 0.4) is 0 Å². The van der Waals surface area contributed by atoms with Gasteiger partial charge in [-0.2, -0.15) is 0 Å². The summed E-state index contributed by atoms with van der Waals surface area (Å²) in [6.07, 6.45) is 0. The van der Waals surface area contributed by atoms with Gasteiger partial charge in [-0.25, -0.2) is 9.97 Å². The maximum atomic E-state index is 8.78. The topological polar surface area (TPSA) is 38.2 Å². The molecular formula is C38H25N3O. The van der Waals surface area contributed by atoms with Crippen molar-refractivity contribution in [2.75, 3.05) is 4.90 Å². The van der Waals surface area contributed by atoms with E-state index >= 15 is 0 Å². The van der Waals surface area contributed by atoms with Gasteiger partial charge in [0.1, 0.15) is 11.6 Å². The summed E-state index contributed by atoms with van der Waals surface area (Å²) in [5, 5.41) is 1.82. The Morgan fingerprint density at radius 1 is 0.571 bits per heavy atom. The highest BCUT2D eigenvalue weighted by Crippen LogP contribution is 2.49. The molecule has 6 aromatic carbocycles. The summed E-state index contributed by atoms with van der Waals surface area (Å²) in [7, 11) is 0. The lowest BCUT2D eigenvalue weighted by molar-refractivity contribution is 0.489. The molecule has 0 N–H and O–H groups in total. The SMILES string of the molecule is [2H]c1c([2H])c([2H])c(-c2cc(N3c4ccccc4Oc4cccc5cccc(c45)-c4ccccc43)nc(-c3c([2H])c([2H])c([2H])c([2H])c3[2H])n2)c([2H])c1[2H]. The van der Waals surface area contributed by atoms with E-state index in [0.29, 0.717) is 22.9 Å². The summed E-state index contributed by atoms with van der Waals surface area (Å²) in [6, 6.07) is 22.3. The summed E-state index contributed by atoms with van der Waals surface area (Å²) >= 11 is 0. The van der Waals surface area contributed by atoms with Crippen LogP contribution in [-0.2, 0) is 0 Å². The molecule has 1 aliphatic rings. The van der Waals surface area contributed by atoms with E-state index < -0.39 is 60.4 Å². The van der Waals surface area contributed by atoms with Crippen LogP contribution in [0.4, 0.5) is 17.2 Å². The van der Waals surface area contributed by atoms with Gasteiger partial charge in [0.2, 0.25) is 0 Å². The van der Waals surface area contributed by atoms with Crippen LogP contribution < -0.4 is 9.64 Å². The lowest BCUT2D eigenvalue weighted by atomic mass is 9.96. The molecule has 0 atom stereocenters. The van der Waals surface area contributed by atoms with Crippen molar-refractivity contribution >= 4 is 28.0 Å². The fraction of sp³-hybridized carbons (Fsp3) is 0. The van der Waals surface area contributed by atoms with Gasteiger partial charge in [0.15, 0.2) is 11.6 Å². The number of aromatic nitrogens is 2. The summed E-state index contributed by atoms with van der Waals surface area (Å²) in [6.45, 7) is 0. The number of benzene rings is 6. The smallest absolute Gasteiger partial charge is 0.162 e. The Morgan fingerprint density at radius 3 is 2.02 bits per heavy atom. The third-order valence-corrected chi connectivity index (χ3v) is 7.05. The molecule has 1 aromatic heterocycles. The molecule has 198 valence electrons. The van der Waals surface area contributed by atoms with Crippen LogP contribution in [0.5, 0.6) is 11.5 Å². The highest BCUT2D eigenvalue weighted by atomic mass is 16.5. The summed E-state index contributed by atoms with van der Waals surface area (Å²) in [5.74, 6) is 0.853. The van der Waals surface area contributed by atoms with E-state index in [1.54, 1.807) is 11.0 Å². The summed E-state index contributed by atoms with van der Waals surface area (Å²) < 4.78 is 91.6. The third kappa shape index (κ3) is 4.09. The van der Waals surface area contributed by atoms with Crippen molar-refractivity contribution in [3.8, 4) is 45.3 Å². The molecule has 0 spiro atoms. The lowest BCUT2D eigenvalue weighted by Crippen LogP contribution is -2.14. The number of nitrogens with zero attached hydrogens (tertiary/aromatic N) is 3. The van der Waals surface area contributed by atoms with Crippen LogP contribution in [0.1, 0.15) is 13.7 Å². The molecule has 2 heterocycles. The van der Waals surface area contributed by atoms with Gasteiger partial charge < -0.3 is 4.74 Å². The molecule has 0 fully saturated rings. The van der Waals surface area contributed by atoms with E-state index in [2.05, 4.69) is 4.98 Å². The van der Waals surface area contributed by atoms with E-state index in [1.807, 2.05) is 78.9 Å². The zero-order valence-corrected chi connectivity index (χ0v) is 21.9. The van der Waals surface area contributed by atoms with Gasteiger partial charge in [-0.15, -0.1) is 0 Å². The second-order valence-electron chi connectivity index (χ2n) is 9.52. The Bertz CT molecular complexity index is 2500. The molecule has 0 bridgehead atoms. The van der Waals surface area contributed by atoms with Gasteiger partial charge in [-0.1, -0.05) is 121 Å². The van der Waals surface area contributed by atoms with Crippen molar-refractivity contribution in [2.45, 2.75) is 0 Å². The largest absolute Gasteiger partial charge is 0.454 e. The monoisotopic (exact) mass is 549 g/mol. The molecule has 4 heteroatoms. The van der Waals surface area contributed by atoms with Gasteiger partial charge in [0.05, 0.1) is 30.8 Å². The van der Waals surface area contributed by atoms with E-state index in [1.165, 1.54) is 6.07 Å². The van der Waals surface area contributed by atoms with Crippen molar-refractivity contribution in [3.63, 3.8) is 0 Å². The zero-order valence-electron chi connectivity index (χ0n) is 31.9. The lowest BCUT2D eigenvalue weighted by Gasteiger charge is -2.28. The summed E-state index contributed by atoms with van der Waals surface area (Å²) in [5.41, 5.74) is 2.09. The molecule has 0 amide bonds. The first-order valence-electron chi connectivity index (χ1n) is 18.2. The fourth-order valence-corrected chi connectivity index (χ4v) is 5.26. The Balaban J connectivity index is 1.52. The minimum absolute atomic E-state index is 0.111. The van der Waals surface area contributed by atoms with Crippen molar-refractivity contribution in [1.82, 2.24) is 9.97 Å². The van der Waals surface area contributed by atoms with Crippen LogP contribution in [0.2, 0.25) is 0 Å². The highest BCUT2D eigenvalue weighted by Gasteiger charge is 2.26. The third-order valence-electron chi connectivity index (χ3n) is 7.05. The Hall–Kier alpha value is -5.74. The first kappa shape index (κ1) is 15.9. The standard InChI is InChI=1S/C38H25N3O/c1-3-13-26(14-4-1)31-25-36(40-38(39-31)28-15-5-2-6-16-28)41-32-21-8-7-19-29(32)30-20-11-17-27-18-12-24-35(37(27)30)42-34-23-10-9-22-33(34)41/h1-25H/i1D,2D,3D,4D,5D,6D,13D,14D,15D,16D. The van der Waals surface area contributed by atoms with Crippen LogP contribution in [-0.4, -0.2) is 9.97 Å². The average Bonchev–Trinajstić information content (AvgIpc) is 3.20. The number of hydrogen-bond acceptors (Lipinski definition) is 4. The van der Waals surface area contributed by atoms with Crippen LogP contribution in [0.15, 0.2) is 151 Å². The number of rotatable bonds is 3. The van der Waals surface area contributed by atoms with Gasteiger partial charge in [0, 0.05) is 28.1 Å². The molecule has 0 saturated carbocycles. The second kappa shape index (κ2) is 10.0. The van der Waals surface area contributed by atoms with E-state index in [0.717, 1.165) is 21.9 Å². The molecule has 7 aromatic rings. The Morgan fingerprint density at radius 2 is 1.21 bits per heavy atom. The number of anilines is 3. The van der Waals surface area contributed by atoms with Gasteiger partial charge >= 0.3 is 0 Å². The van der Waals surface area contributed by atoms with Crippen molar-refractivity contribution in [3.05, 3.63) is 151 Å². The minimum Gasteiger partial charge on any atom is -0.454 e. The summed E-state index contributed by atoms with van der Waals surface area (Å²) in [4.78, 5) is 11.2. The maximum Gasteiger partial charge on any atom is 0.162 e. The van der Waals surface area contributed by atoms with Crippen molar-refractivity contribution < 1.29 is 18.4 Å². The van der Waals surface area contributed by atoms with Crippen LogP contribution >= 0.6 is 0 Å². The molecule has 0 aliphatic carbocycles. The van der Waals surface area contributed by atoms with Crippen molar-refractivity contribution in [2.24, 2.45) is 0 Å². The zero-order chi connectivity index (χ0) is 36.6. The molecule has 8 rings (SSSR count). The highest BCUT2D eigenvalue weighted by molar-refractivity contribution is 6.05. The molecule has 1 aliphatic heterocycles. The molecule has 4 nitrogen and oxygen atoms in total. The van der Waals surface area contributed by atoms with E-state index in [9.17, 15) is 0 Å². The normalized spacial score (nSPS) is 15.3. The second-order valence-corrected chi connectivity index (χ2v) is 9.52. The molecular weight excluding hydrogens is 514 g/mol. The predicted molar refractivity (Wildman–Crippen MR) is 171 cm³/mol. The average molecular weight is 550 g/mol. The molecule has 0 radical (unpaired) electrons. The quantitative estimate of drug-likeness (QED) is 0.220. The van der Waals surface area contributed by atoms with Crippen LogP contribution in [0, 0.1) is 0 Å². The van der Waals surface area contributed by atoms with Crippen molar-refractivity contribution in [1.29, 1.82) is 0 Å². The van der Waals surface area contributed by atoms with Gasteiger partial charge in [0.25, 0.3) is 0 Å². The first-order chi connectivity index (χ1) is 25.0. The van der Waals surface area contributed by atoms with E-state index in [-0.39, 0.29) is 28.5 Å². The minimum atomic E-state index is -0.605. The Kier molecular flexibility index (Phi) is 3.79. The number of ether oxygens (including phenoxy) is 1. The molecule has 42 heavy (non-hydrogen) atoms. The Labute approximate surface area is 258 Å². The molecule has 0 unspecified atom stereocenters. The first-order valence-corrected chi connectivity index (χ1v) is 13.2. The number of para-hydroxylation sites is 3. The number of hydrogen-bond donors (Lipinski definition) is 0. The predicted octanol–water partition coefficient (Wildman–Crippen LogP) is 10.2. The number of fused-ring (bicyclic) bond motifs is 3.